The molecule has 0 saturated heterocycles. The van der Waals surface area contributed by atoms with Crippen molar-refractivity contribution in [3.8, 4) is 11.4 Å². The molecule has 2 heterocycles. The normalized spacial score (nSPS) is 15.0. The number of rotatable bonds is 3. The number of aryl methyl sites for hydroxylation is 2. The van der Waals surface area contributed by atoms with Crippen LogP contribution in [0.1, 0.15) is 22.5 Å². The molecule has 1 aliphatic heterocycles. The number of hydrogen-bond acceptors (Lipinski definition) is 3. The molecule has 4 nitrogen and oxygen atoms in total. The molecule has 0 atom stereocenters. The Labute approximate surface area is 149 Å². The van der Waals surface area contributed by atoms with E-state index < -0.39 is 0 Å². The lowest BCUT2D eigenvalue weighted by Gasteiger charge is -2.20. The molecule has 0 unspecified atom stereocenters. The van der Waals surface area contributed by atoms with Crippen molar-refractivity contribution in [1.82, 2.24) is 19.7 Å². The van der Waals surface area contributed by atoms with Crippen LogP contribution in [0.25, 0.3) is 11.4 Å². The number of fused-ring (bicyclic) bond motifs is 1. The van der Waals surface area contributed by atoms with Crippen LogP contribution in [-0.2, 0) is 19.5 Å². The lowest BCUT2D eigenvalue weighted by Crippen LogP contribution is -2.26. The largest absolute Gasteiger partial charge is 0.310 e. The van der Waals surface area contributed by atoms with Gasteiger partial charge in [0.15, 0.2) is 5.82 Å². The smallest absolute Gasteiger partial charge is 0.164 e. The van der Waals surface area contributed by atoms with E-state index in [2.05, 4.69) is 76.0 Å². The molecule has 1 aliphatic rings. The maximum atomic E-state index is 4.45. The van der Waals surface area contributed by atoms with Gasteiger partial charge in [-0.3, -0.25) is 4.90 Å². The summed E-state index contributed by atoms with van der Waals surface area (Å²) in [7, 11) is 0. The summed E-state index contributed by atoms with van der Waals surface area (Å²) < 4.78 is 2.29. The monoisotopic (exact) mass is 332 g/mol. The highest BCUT2D eigenvalue weighted by Crippen LogP contribution is 2.21. The molecule has 0 radical (unpaired) electrons. The zero-order valence-corrected chi connectivity index (χ0v) is 14.9. The van der Waals surface area contributed by atoms with Crippen LogP contribution >= 0.6 is 0 Å². The average molecular weight is 332 g/mol. The maximum Gasteiger partial charge on any atom is 0.164 e. The van der Waals surface area contributed by atoms with Gasteiger partial charge in [-0.2, -0.15) is 0 Å². The van der Waals surface area contributed by atoms with Gasteiger partial charge >= 0.3 is 0 Å². The van der Waals surface area contributed by atoms with E-state index in [1.807, 2.05) is 6.07 Å². The first kappa shape index (κ1) is 16.0. The summed E-state index contributed by atoms with van der Waals surface area (Å²) in [5.74, 6) is 2.09. The predicted octanol–water partition coefficient (Wildman–Crippen LogP) is 3.62. The third kappa shape index (κ3) is 3.49. The minimum atomic E-state index is 0.942. The number of nitrogens with zero attached hydrogens (tertiary/aromatic N) is 4. The van der Waals surface area contributed by atoms with E-state index in [1.54, 1.807) is 0 Å². The topological polar surface area (TPSA) is 34.0 Å². The average Bonchev–Trinajstić information content (AvgIpc) is 2.90. The van der Waals surface area contributed by atoms with Crippen molar-refractivity contribution in [2.75, 3.05) is 13.1 Å². The molecule has 1 aromatic heterocycles. The fourth-order valence-corrected chi connectivity index (χ4v) is 3.74. The van der Waals surface area contributed by atoms with Gasteiger partial charge in [0.05, 0.1) is 0 Å². The zero-order valence-electron chi connectivity index (χ0n) is 14.9. The molecule has 0 saturated carbocycles. The minimum Gasteiger partial charge on any atom is -0.310 e. The quantitative estimate of drug-likeness (QED) is 0.734. The Bertz CT molecular complexity index is 847. The summed E-state index contributed by atoms with van der Waals surface area (Å²) >= 11 is 0. The van der Waals surface area contributed by atoms with Gasteiger partial charge in [-0.1, -0.05) is 59.7 Å². The number of hydrogen-bond donors (Lipinski definition) is 0. The second-order valence-corrected chi connectivity index (χ2v) is 6.98. The van der Waals surface area contributed by atoms with Crippen LogP contribution in [0.3, 0.4) is 0 Å². The Balaban J connectivity index is 1.52. The molecule has 128 valence electrons. The van der Waals surface area contributed by atoms with Crippen LogP contribution in [0.5, 0.6) is 0 Å². The van der Waals surface area contributed by atoms with Crippen molar-refractivity contribution in [1.29, 1.82) is 0 Å². The first-order valence-electron chi connectivity index (χ1n) is 8.96. The number of aromatic nitrogens is 3. The maximum absolute atomic E-state index is 4.45. The Hall–Kier alpha value is -2.46. The standard InChI is InChI=1S/C21H24N4/c1-16-12-17(2)14-18(13-16)15-24-9-8-20-22-23-21(25(20)11-10-24)19-6-4-3-5-7-19/h3-7,12-14H,8-11,15H2,1-2H3. The summed E-state index contributed by atoms with van der Waals surface area (Å²) in [6.07, 6.45) is 0.949. The molecular weight excluding hydrogens is 308 g/mol. The molecule has 2 aromatic carbocycles. The van der Waals surface area contributed by atoms with Gasteiger partial charge in [-0.15, -0.1) is 10.2 Å². The zero-order chi connectivity index (χ0) is 17.2. The third-order valence-electron chi connectivity index (χ3n) is 4.84. The van der Waals surface area contributed by atoms with Crippen LogP contribution in [0, 0.1) is 13.8 Å². The molecule has 3 aromatic rings. The Morgan fingerprint density at radius 2 is 1.64 bits per heavy atom. The molecule has 25 heavy (non-hydrogen) atoms. The highest BCUT2D eigenvalue weighted by Gasteiger charge is 2.19. The van der Waals surface area contributed by atoms with Crippen LogP contribution in [0.2, 0.25) is 0 Å². The van der Waals surface area contributed by atoms with E-state index in [0.717, 1.165) is 49.8 Å². The minimum absolute atomic E-state index is 0.942. The first-order chi connectivity index (χ1) is 12.2. The molecule has 0 bridgehead atoms. The second kappa shape index (κ2) is 6.81. The lowest BCUT2D eigenvalue weighted by atomic mass is 10.1. The Kier molecular flexibility index (Phi) is 4.36. The van der Waals surface area contributed by atoms with Crippen molar-refractivity contribution in [2.24, 2.45) is 0 Å². The molecule has 4 heteroatoms. The van der Waals surface area contributed by atoms with Gasteiger partial charge in [-0.05, 0) is 19.4 Å². The molecule has 0 spiro atoms. The fraction of sp³-hybridized carbons (Fsp3) is 0.333. The second-order valence-electron chi connectivity index (χ2n) is 6.98. The van der Waals surface area contributed by atoms with Crippen molar-refractivity contribution in [3.05, 3.63) is 71.0 Å². The Morgan fingerprint density at radius 1 is 0.880 bits per heavy atom. The Morgan fingerprint density at radius 3 is 2.40 bits per heavy atom. The van der Waals surface area contributed by atoms with Crippen LogP contribution in [-0.4, -0.2) is 32.8 Å². The van der Waals surface area contributed by atoms with Gasteiger partial charge in [0, 0.05) is 38.2 Å². The van der Waals surface area contributed by atoms with E-state index >= 15 is 0 Å². The summed E-state index contributed by atoms with van der Waals surface area (Å²) in [6.45, 7) is 8.34. The van der Waals surface area contributed by atoms with E-state index in [4.69, 9.17) is 0 Å². The van der Waals surface area contributed by atoms with Crippen LogP contribution < -0.4 is 0 Å². The van der Waals surface area contributed by atoms with E-state index in [1.165, 1.54) is 16.7 Å². The SMILES string of the molecule is Cc1cc(C)cc(CN2CCc3nnc(-c4ccccc4)n3CC2)c1. The van der Waals surface area contributed by atoms with Gasteiger partial charge in [-0.25, -0.2) is 0 Å². The first-order valence-corrected chi connectivity index (χ1v) is 8.96. The van der Waals surface area contributed by atoms with Gasteiger partial charge in [0.2, 0.25) is 0 Å². The molecule has 0 fully saturated rings. The van der Waals surface area contributed by atoms with Gasteiger partial charge in [0.1, 0.15) is 5.82 Å². The van der Waals surface area contributed by atoms with Crippen molar-refractivity contribution < 1.29 is 0 Å². The predicted molar refractivity (Wildman–Crippen MR) is 100 cm³/mol. The summed E-state index contributed by atoms with van der Waals surface area (Å²) in [5.41, 5.74) is 5.23. The fourth-order valence-electron chi connectivity index (χ4n) is 3.74. The van der Waals surface area contributed by atoms with E-state index in [0.29, 0.717) is 0 Å². The highest BCUT2D eigenvalue weighted by atomic mass is 15.3. The summed E-state index contributed by atoms with van der Waals surface area (Å²) in [6, 6.07) is 17.2. The summed E-state index contributed by atoms with van der Waals surface area (Å²) in [4.78, 5) is 2.53. The van der Waals surface area contributed by atoms with Crippen molar-refractivity contribution in [2.45, 2.75) is 33.4 Å². The van der Waals surface area contributed by atoms with Gasteiger partial charge < -0.3 is 4.57 Å². The highest BCUT2D eigenvalue weighted by molar-refractivity contribution is 5.55. The van der Waals surface area contributed by atoms with Crippen LogP contribution in [0.15, 0.2) is 48.5 Å². The molecular formula is C21H24N4. The lowest BCUT2D eigenvalue weighted by molar-refractivity contribution is 0.271. The number of benzene rings is 2. The van der Waals surface area contributed by atoms with Crippen molar-refractivity contribution >= 4 is 0 Å². The van der Waals surface area contributed by atoms with Crippen molar-refractivity contribution in [3.63, 3.8) is 0 Å². The molecule has 0 amide bonds. The molecule has 4 rings (SSSR count). The van der Waals surface area contributed by atoms with Gasteiger partial charge in [0.25, 0.3) is 0 Å². The van der Waals surface area contributed by atoms with Crippen LogP contribution in [0.4, 0.5) is 0 Å². The third-order valence-corrected chi connectivity index (χ3v) is 4.84. The summed E-state index contributed by atoms with van der Waals surface area (Å²) in [5, 5.41) is 8.89. The van der Waals surface area contributed by atoms with E-state index in [9.17, 15) is 0 Å². The van der Waals surface area contributed by atoms with E-state index in [-0.39, 0.29) is 0 Å². The molecule has 0 aliphatic carbocycles. The molecule has 0 N–H and O–H groups in total.